The first-order valence-corrected chi connectivity index (χ1v) is 7.77. The van der Waals surface area contributed by atoms with Crippen LogP contribution in [-0.2, 0) is 10.2 Å². The second-order valence-corrected chi connectivity index (χ2v) is 6.82. The van der Waals surface area contributed by atoms with Crippen molar-refractivity contribution in [3.05, 3.63) is 11.4 Å². The molecular weight excluding hydrogens is 264 g/mol. The van der Waals surface area contributed by atoms with Crippen LogP contribution in [0.25, 0.3) is 0 Å². The van der Waals surface area contributed by atoms with Crippen LogP contribution in [0.3, 0.4) is 0 Å². The summed E-state index contributed by atoms with van der Waals surface area (Å²) in [6.07, 6.45) is 2.47. The first kappa shape index (κ1) is 16.0. The Hall–Kier alpha value is -1.36. The molecule has 0 unspecified atom stereocenters. The fourth-order valence-corrected chi connectivity index (χ4v) is 2.40. The molecule has 0 aliphatic heterocycles. The molecule has 1 aliphatic carbocycles. The lowest BCUT2D eigenvalue weighted by Crippen LogP contribution is -2.40. The van der Waals surface area contributed by atoms with Crippen molar-refractivity contribution in [1.82, 2.24) is 9.97 Å². The van der Waals surface area contributed by atoms with E-state index in [-0.39, 0.29) is 5.41 Å². The quantitative estimate of drug-likeness (QED) is 0.873. The van der Waals surface area contributed by atoms with Gasteiger partial charge in [0.1, 0.15) is 17.5 Å². The van der Waals surface area contributed by atoms with Gasteiger partial charge in [0.15, 0.2) is 0 Å². The molecule has 2 rings (SSSR count). The Balaban J connectivity index is 2.24. The van der Waals surface area contributed by atoms with Crippen LogP contribution in [0.1, 0.15) is 51.9 Å². The molecule has 0 amide bonds. The van der Waals surface area contributed by atoms with Crippen LogP contribution in [0.2, 0.25) is 0 Å². The van der Waals surface area contributed by atoms with E-state index in [4.69, 9.17) is 9.72 Å². The number of nitrogens with one attached hydrogen (secondary N) is 2. The SMILES string of the molecule is CCNc1nc(C(C)(C)C)nc(NC2CC(OC)C2)c1C. The van der Waals surface area contributed by atoms with Crippen molar-refractivity contribution in [2.45, 2.75) is 65.0 Å². The summed E-state index contributed by atoms with van der Waals surface area (Å²) in [5.41, 5.74) is 1.02. The summed E-state index contributed by atoms with van der Waals surface area (Å²) < 4.78 is 5.34. The van der Waals surface area contributed by atoms with E-state index < -0.39 is 0 Å². The van der Waals surface area contributed by atoms with Gasteiger partial charge in [-0.3, -0.25) is 0 Å². The van der Waals surface area contributed by atoms with E-state index in [1.807, 2.05) is 0 Å². The van der Waals surface area contributed by atoms with Crippen LogP contribution in [0.4, 0.5) is 11.6 Å². The minimum absolute atomic E-state index is 0.0665. The highest BCUT2D eigenvalue weighted by Crippen LogP contribution is 2.30. The number of nitrogens with zero attached hydrogens (tertiary/aromatic N) is 2. The van der Waals surface area contributed by atoms with Crippen molar-refractivity contribution >= 4 is 11.6 Å². The fraction of sp³-hybridized carbons (Fsp3) is 0.750. The molecular formula is C16H28N4O. The smallest absolute Gasteiger partial charge is 0.138 e. The summed E-state index contributed by atoms with van der Waals surface area (Å²) in [6.45, 7) is 11.4. The Morgan fingerprint density at radius 3 is 2.33 bits per heavy atom. The number of hydrogen-bond acceptors (Lipinski definition) is 5. The maximum absolute atomic E-state index is 5.34. The van der Waals surface area contributed by atoms with Crippen molar-refractivity contribution in [3.8, 4) is 0 Å². The van der Waals surface area contributed by atoms with Gasteiger partial charge in [-0.1, -0.05) is 20.8 Å². The summed E-state index contributed by atoms with van der Waals surface area (Å²) in [6, 6.07) is 0.450. The Kier molecular flexibility index (Phi) is 4.71. The van der Waals surface area contributed by atoms with Gasteiger partial charge in [-0.15, -0.1) is 0 Å². The van der Waals surface area contributed by atoms with E-state index in [9.17, 15) is 0 Å². The maximum atomic E-state index is 5.34. The highest BCUT2D eigenvalue weighted by Gasteiger charge is 2.30. The summed E-state index contributed by atoms with van der Waals surface area (Å²) in [7, 11) is 1.78. The number of methoxy groups -OCH3 is 1. The number of rotatable bonds is 5. The van der Waals surface area contributed by atoms with Crippen LogP contribution in [0.15, 0.2) is 0 Å². The largest absolute Gasteiger partial charge is 0.381 e. The van der Waals surface area contributed by atoms with Crippen LogP contribution in [0, 0.1) is 6.92 Å². The van der Waals surface area contributed by atoms with Gasteiger partial charge < -0.3 is 15.4 Å². The van der Waals surface area contributed by atoms with Gasteiger partial charge in [-0.25, -0.2) is 9.97 Å². The van der Waals surface area contributed by atoms with Crippen molar-refractivity contribution in [2.75, 3.05) is 24.3 Å². The van der Waals surface area contributed by atoms with Gasteiger partial charge in [0.05, 0.1) is 6.10 Å². The topological polar surface area (TPSA) is 59.1 Å². The minimum Gasteiger partial charge on any atom is -0.381 e. The zero-order valence-corrected chi connectivity index (χ0v) is 14.1. The third-order valence-electron chi connectivity index (χ3n) is 3.93. The zero-order valence-electron chi connectivity index (χ0n) is 14.1. The first-order chi connectivity index (χ1) is 9.85. The molecule has 0 radical (unpaired) electrons. The third-order valence-corrected chi connectivity index (χ3v) is 3.93. The van der Waals surface area contributed by atoms with E-state index in [1.165, 1.54) is 0 Å². The number of aromatic nitrogens is 2. The summed E-state index contributed by atoms with van der Waals surface area (Å²) in [5, 5.41) is 6.89. The van der Waals surface area contributed by atoms with Crippen LogP contribution < -0.4 is 10.6 Å². The van der Waals surface area contributed by atoms with Crippen LogP contribution in [-0.4, -0.2) is 35.8 Å². The van der Waals surface area contributed by atoms with Crippen molar-refractivity contribution in [1.29, 1.82) is 0 Å². The Bertz CT molecular complexity index is 490. The molecule has 5 nitrogen and oxygen atoms in total. The van der Waals surface area contributed by atoms with Gasteiger partial charge in [0, 0.05) is 30.7 Å². The highest BCUT2D eigenvalue weighted by atomic mass is 16.5. The summed E-state index contributed by atoms with van der Waals surface area (Å²) >= 11 is 0. The van der Waals surface area contributed by atoms with E-state index >= 15 is 0 Å². The molecule has 1 saturated carbocycles. The van der Waals surface area contributed by atoms with Gasteiger partial charge >= 0.3 is 0 Å². The molecule has 21 heavy (non-hydrogen) atoms. The molecule has 1 aromatic heterocycles. The van der Waals surface area contributed by atoms with E-state index in [1.54, 1.807) is 7.11 Å². The van der Waals surface area contributed by atoms with Gasteiger partial charge in [0.25, 0.3) is 0 Å². The predicted molar refractivity (Wildman–Crippen MR) is 87.1 cm³/mol. The second-order valence-electron chi connectivity index (χ2n) is 6.82. The molecule has 1 fully saturated rings. The average molecular weight is 292 g/mol. The molecule has 0 atom stereocenters. The molecule has 0 bridgehead atoms. The number of anilines is 2. The van der Waals surface area contributed by atoms with Crippen molar-refractivity contribution in [2.24, 2.45) is 0 Å². The van der Waals surface area contributed by atoms with Gasteiger partial charge in [-0.05, 0) is 26.7 Å². The monoisotopic (exact) mass is 292 g/mol. The minimum atomic E-state index is -0.0665. The average Bonchev–Trinajstić information content (AvgIpc) is 2.36. The van der Waals surface area contributed by atoms with E-state index in [0.29, 0.717) is 12.1 Å². The maximum Gasteiger partial charge on any atom is 0.138 e. The first-order valence-electron chi connectivity index (χ1n) is 7.77. The van der Waals surface area contributed by atoms with Gasteiger partial charge in [-0.2, -0.15) is 0 Å². The van der Waals surface area contributed by atoms with E-state index in [2.05, 4.69) is 50.2 Å². The molecule has 0 aromatic carbocycles. The van der Waals surface area contributed by atoms with Crippen molar-refractivity contribution in [3.63, 3.8) is 0 Å². The molecule has 1 aromatic rings. The lowest BCUT2D eigenvalue weighted by molar-refractivity contribution is 0.0327. The van der Waals surface area contributed by atoms with E-state index in [0.717, 1.165) is 42.4 Å². The lowest BCUT2D eigenvalue weighted by Gasteiger charge is -2.35. The summed E-state index contributed by atoms with van der Waals surface area (Å²) in [5.74, 6) is 2.75. The molecule has 0 spiro atoms. The zero-order chi connectivity index (χ0) is 15.6. The number of hydrogen-bond donors (Lipinski definition) is 2. The normalized spacial score (nSPS) is 21.8. The van der Waals surface area contributed by atoms with Crippen LogP contribution >= 0.6 is 0 Å². The molecule has 5 heteroatoms. The Labute approximate surface area is 127 Å². The molecule has 1 aliphatic rings. The Morgan fingerprint density at radius 2 is 1.81 bits per heavy atom. The Morgan fingerprint density at radius 1 is 1.19 bits per heavy atom. The fourth-order valence-electron chi connectivity index (χ4n) is 2.40. The van der Waals surface area contributed by atoms with Gasteiger partial charge in [0.2, 0.25) is 0 Å². The predicted octanol–water partition coefficient (Wildman–Crippen LogP) is 3.10. The molecule has 0 saturated heterocycles. The lowest BCUT2D eigenvalue weighted by atomic mass is 9.89. The van der Waals surface area contributed by atoms with Crippen molar-refractivity contribution < 1.29 is 4.74 Å². The van der Waals surface area contributed by atoms with Crippen LogP contribution in [0.5, 0.6) is 0 Å². The second kappa shape index (κ2) is 6.18. The number of ether oxygens (including phenoxy) is 1. The summed E-state index contributed by atoms with van der Waals surface area (Å²) in [4.78, 5) is 9.45. The molecule has 118 valence electrons. The standard InChI is InChI=1S/C16H28N4O/c1-7-17-13-10(2)14(18-11-8-12(9-11)21-6)20-15(19-13)16(3,4)5/h11-12H,7-9H2,1-6H3,(H2,17,18,19,20). The molecule has 2 N–H and O–H groups in total. The molecule has 1 heterocycles. The third kappa shape index (κ3) is 3.64. The highest BCUT2D eigenvalue weighted by molar-refractivity contribution is 5.58.